The topological polar surface area (TPSA) is 319 Å². The van der Waals surface area contributed by atoms with Crippen molar-refractivity contribution in [2.24, 2.45) is 53.1 Å². The monoisotopic (exact) mass is 1520 g/mol. The Balaban J connectivity index is 0.0000127. The van der Waals surface area contributed by atoms with Gasteiger partial charge in [0.25, 0.3) is 0 Å². The van der Waals surface area contributed by atoms with Crippen LogP contribution in [-0.4, -0.2) is 79.6 Å². The Morgan fingerprint density at radius 2 is 0.761 bits per heavy atom. The maximum Gasteiger partial charge on any atom is 2.00 e. The van der Waals surface area contributed by atoms with Crippen molar-refractivity contribution < 1.29 is 74.1 Å². The maximum absolute atomic E-state index is 14.7. The van der Waals surface area contributed by atoms with Crippen LogP contribution >= 0.6 is 0 Å². The molecule has 4 aromatic rings. The summed E-state index contributed by atoms with van der Waals surface area (Å²) in [5.41, 5.74) is 34.3. The van der Waals surface area contributed by atoms with Gasteiger partial charge in [-0.15, -0.1) is 11.4 Å². The van der Waals surface area contributed by atoms with Gasteiger partial charge >= 0.3 is 40.7 Å². The quantitative estimate of drug-likeness (QED) is 0.0804. The molecule has 4 saturated carbocycles. The molecule has 13 rings (SSSR count). The van der Waals surface area contributed by atoms with Crippen LogP contribution in [0.1, 0.15) is 185 Å². The van der Waals surface area contributed by atoms with Crippen LogP contribution in [0.2, 0.25) is 0 Å². The Morgan fingerprint density at radius 3 is 1.13 bits per heavy atom. The molecule has 4 aromatic carbocycles. The van der Waals surface area contributed by atoms with E-state index in [0.717, 1.165) is 39.0 Å². The van der Waals surface area contributed by atoms with Gasteiger partial charge in [-0.1, -0.05) is 186 Å². The number of nitrogens with one attached hydrogen (secondary N) is 7. The van der Waals surface area contributed by atoms with Gasteiger partial charge in [-0.2, -0.15) is 0 Å². The van der Waals surface area contributed by atoms with Gasteiger partial charge in [0.05, 0.1) is 102 Å². The summed E-state index contributed by atoms with van der Waals surface area (Å²) in [6.07, 6.45) is 20.9. The summed E-state index contributed by atoms with van der Waals surface area (Å²) in [7, 11) is 0. The van der Waals surface area contributed by atoms with Gasteiger partial charge in [-0.3, -0.25) is 38.4 Å². The minimum Gasteiger partial charge on any atom is -0.698 e. The molecule has 21 heteroatoms. The number of anilines is 4. The molecule has 575 valence electrons. The second-order valence-corrected chi connectivity index (χ2v) is 33.5. The molecular formula is C88H102CoN8O12. The standard InChI is InChI=1S/C88H104N8O12.Co/c1-85(2,3)53-39-51(40-54(43-53)86(4,5)6)49-23-17-27-65(89)73-67(91)29-19-25-50(52-41-55(87(7,8)9)44-56(42-52)88(10,11)12)26-20-30-68(92)74(66(90)28-18-24-49)76-70-32-22-34-72(76)96-80(100)60-48-64(60)84(104)108-38-16-15-37-107-83(103)63-47-59(63)79(99)95-71-33-21-31-69(75(71)73)93-77(97)57-45-61(57)81(101)105-35-13-14-36-106-82(102)62-46-58(62)78(98)94-70;/h17-25,27-34,39-44,57-64H,13-16,26,35-38,45-48H2,1-12H3,(H11,89,90,91,92,93,94,95,96,97,98,99,100);/q;+2/p-2/b29-19-,30-20-,50-25-;/t57-,58?,59?,60?,61?,62?,63?,64-;/m1./s1. The molecule has 5 aliphatic carbocycles. The van der Waals surface area contributed by atoms with E-state index < -0.39 is 94.8 Å². The fourth-order valence-corrected chi connectivity index (χ4v) is 13.6. The molecule has 4 aliphatic heterocycles. The largest absolute Gasteiger partial charge is 2.00 e. The number of amides is 4. The first-order valence-corrected chi connectivity index (χ1v) is 37.6. The van der Waals surface area contributed by atoms with Gasteiger partial charge in [0.2, 0.25) is 23.6 Å². The summed E-state index contributed by atoms with van der Waals surface area (Å²) in [4.78, 5) is 114. The number of carbonyl (C=O) groups is 8. The van der Waals surface area contributed by atoms with E-state index in [1.807, 2.05) is 24.3 Å². The van der Waals surface area contributed by atoms with Gasteiger partial charge < -0.3 is 62.8 Å². The Bertz CT molecular complexity index is 4420. The number of carbonyl (C=O) groups excluding carboxylic acids is 8. The number of allylic oxidation sites excluding steroid dienone is 15. The van der Waals surface area contributed by atoms with Gasteiger partial charge in [0.1, 0.15) is 0 Å². The van der Waals surface area contributed by atoms with E-state index >= 15 is 0 Å². The molecule has 6 unspecified atom stereocenters. The molecule has 4 fully saturated rings. The number of benzene rings is 4. The first-order valence-electron chi connectivity index (χ1n) is 37.6. The van der Waals surface area contributed by atoms with Crippen molar-refractivity contribution in [3.8, 4) is 0 Å². The van der Waals surface area contributed by atoms with E-state index in [4.69, 9.17) is 24.7 Å². The SMILES string of the molecule is CC(C)(C)c1cc(C2=C\C=C/C(=N)/C3=C([NH-])/C=C\C=C(/c4cc(C(C)(C)C)cc(C(C)(C)C)c4)C/C=C\C(N)=C(\C([NH-])=C\C=C\2)c2c4cccc2NC(=O)C2C[C@H]2C(=O)OCCCCOC(=O)C2CC2C(=O)Nc2cccc(c23)NC(=O)[C@@H]2CC2C(=O)OCCCCOC(=O)C2CC2C(=O)N4)cc(C(C)(C)C)c1.[Co+2]. The third-order valence-corrected chi connectivity index (χ3v) is 20.8. The van der Waals surface area contributed by atoms with Crippen LogP contribution in [-0.2, 0) is 95.7 Å². The van der Waals surface area contributed by atoms with Crippen molar-refractivity contribution in [3.05, 3.63) is 213 Å². The smallest absolute Gasteiger partial charge is 0.698 e. The molecule has 0 aromatic heterocycles. The number of fused-ring (bicyclic) bond motifs is 18. The van der Waals surface area contributed by atoms with E-state index in [9.17, 15) is 55.2 Å². The normalized spacial score (nSPS) is 28.0. The van der Waals surface area contributed by atoms with E-state index in [0.29, 0.717) is 31.3 Å². The minimum absolute atomic E-state index is 0. The van der Waals surface area contributed by atoms with Crippen LogP contribution in [0.5, 0.6) is 0 Å². The molecule has 9 N–H and O–H groups in total. The van der Waals surface area contributed by atoms with E-state index in [-0.39, 0.29) is 165 Å². The summed E-state index contributed by atoms with van der Waals surface area (Å²) in [6, 6.07) is 22.6. The van der Waals surface area contributed by atoms with Crippen LogP contribution in [0.3, 0.4) is 0 Å². The number of ether oxygens (including phenoxy) is 4. The van der Waals surface area contributed by atoms with Gasteiger partial charge in [0.15, 0.2) is 0 Å². The van der Waals surface area contributed by atoms with Crippen LogP contribution in [0.15, 0.2) is 157 Å². The van der Waals surface area contributed by atoms with Crippen molar-refractivity contribution in [2.75, 3.05) is 47.7 Å². The van der Waals surface area contributed by atoms with Crippen LogP contribution in [0.25, 0.3) is 33.8 Å². The first-order chi connectivity index (χ1) is 51.0. The Kier molecular flexibility index (Phi) is 24.9. The molecule has 8 atom stereocenters. The molecule has 4 bridgehead atoms. The van der Waals surface area contributed by atoms with E-state index in [1.54, 1.807) is 72.9 Å². The van der Waals surface area contributed by atoms with Crippen molar-refractivity contribution in [2.45, 2.75) is 163 Å². The van der Waals surface area contributed by atoms with Crippen molar-refractivity contribution >= 4 is 98.3 Å². The Hall–Kier alpha value is -10.1. The number of rotatable bonds is 2. The van der Waals surface area contributed by atoms with Gasteiger partial charge in [-0.25, -0.2) is 0 Å². The van der Waals surface area contributed by atoms with Crippen molar-refractivity contribution in [3.63, 3.8) is 0 Å². The average Bonchev–Trinajstić information content (AvgIpc) is 1.51. The van der Waals surface area contributed by atoms with Crippen LogP contribution in [0.4, 0.5) is 22.7 Å². The predicted molar refractivity (Wildman–Crippen MR) is 423 cm³/mol. The third-order valence-electron chi connectivity index (χ3n) is 20.8. The Morgan fingerprint density at radius 1 is 0.422 bits per heavy atom. The summed E-state index contributed by atoms with van der Waals surface area (Å²) >= 11 is 0. The molecule has 4 heterocycles. The van der Waals surface area contributed by atoms with Crippen LogP contribution in [0, 0.1) is 52.8 Å². The number of esters is 4. The minimum atomic E-state index is -0.833. The van der Waals surface area contributed by atoms with Crippen molar-refractivity contribution in [1.82, 2.24) is 0 Å². The molecule has 109 heavy (non-hydrogen) atoms. The van der Waals surface area contributed by atoms with Gasteiger partial charge in [0, 0.05) is 16.8 Å². The summed E-state index contributed by atoms with van der Waals surface area (Å²) < 4.78 is 22.7. The number of nitrogens with two attached hydrogens (primary N) is 1. The number of hydrogen-bond donors (Lipinski definition) is 6. The van der Waals surface area contributed by atoms with Gasteiger partial charge in [-0.05, 0) is 172 Å². The zero-order chi connectivity index (χ0) is 77.9. The molecular weight excluding hydrogens is 1420 g/mol. The van der Waals surface area contributed by atoms with E-state index in [2.05, 4.69) is 141 Å². The fraction of sp³-hybridized carbons (Fsp3) is 0.420. The fourth-order valence-electron chi connectivity index (χ4n) is 13.6. The zero-order valence-corrected chi connectivity index (χ0v) is 65.4. The summed E-state index contributed by atoms with van der Waals surface area (Å²) in [5.74, 6) is -11.0. The second-order valence-electron chi connectivity index (χ2n) is 33.5. The van der Waals surface area contributed by atoms with Crippen molar-refractivity contribution in [1.29, 1.82) is 5.41 Å². The molecule has 4 amide bonds. The summed E-state index contributed by atoms with van der Waals surface area (Å²) in [6.45, 7) is 25.5. The average molecular weight is 1520 g/mol. The maximum atomic E-state index is 14.7. The molecule has 20 nitrogen and oxygen atoms in total. The predicted octanol–water partition coefficient (Wildman–Crippen LogP) is 16.8. The summed E-state index contributed by atoms with van der Waals surface area (Å²) in [5, 5.41) is 22.5. The molecule has 1 radical (unpaired) electrons. The number of hydrogen-bond acceptors (Lipinski definition) is 14. The molecule has 0 spiro atoms. The second kappa shape index (κ2) is 33.4. The zero-order valence-electron chi connectivity index (χ0n) is 64.4. The van der Waals surface area contributed by atoms with Crippen LogP contribution < -0.4 is 27.0 Å². The molecule has 0 saturated heterocycles. The van der Waals surface area contributed by atoms with E-state index in [1.165, 1.54) is 6.08 Å². The molecule has 9 aliphatic rings. The third kappa shape index (κ3) is 20.0. The Labute approximate surface area is 650 Å². The first kappa shape index (κ1) is 81.4.